The first-order chi connectivity index (χ1) is 7.19. The number of aryl methyl sites for hydroxylation is 1. The van der Waals surface area contributed by atoms with Gasteiger partial charge in [0.1, 0.15) is 0 Å². The molecule has 1 aromatic rings. The summed E-state index contributed by atoms with van der Waals surface area (Å²) in [6, 6.07) is 0. The number of ether oxygens (including phenoxy) is 1. The maximum absolute atomic E-state index is 11.5. The molecule has 0 aliphatic carbocycles. The lowest BCUT2D eigenvalue weighted by atomic mass is 10.2. The van der Waals surface area contributed by atoms with Crippen molar-refractivity contribution < 1.29 is 14.6 Å². The van der Waals surface area contributed by atoms with E-state index in [0.29, 0.717) is 29.1 Å². The Hall–Kier alpha value is -0.460. The Morgan fingerprint density at radius 3 is 3.00 bits per heavy atom. The second-order valence-corrected chi connectivity index (χ2v) is 5.15. The van der Waals surface area contributed by atoms with Crippen LogP contribution < -0.4 is 0 Å². The molecule has 84 valence electrons. The van der Waals surface area contributed by atoms with E-state index in [-0.39, 0.29) is 6.61 Å². The molecule has 15 heavy (non-hydrogen) atoms. The van der Waals surface area contributed by atoms with Crippen LogP contribution >= 0.6 is 27.3 Å². The molecule has 1 N–H and O–H groups in total. The molecule has 0 fully saturated rings. The minimum absolute atomic E-state index is 0.109. The Balaban J connectivity index is 2.80. The van der Waals surface area contributed by atoms with Gasteiger partial charge in [-0.25, -0.2) is 9.78 Å². The van der Waals surface area contributed by atoms with E-state index in [9.17, 15) is 4.79 Å². The number of nitrogens with zero attached hydrogens (tertiary/aromatic N) is 1. The third-order valence-electron chi connectivity index (χ3n) is 1.70. The molecule has 0 atom stereocenters. The Bertz CT molecular complexity index is 340. The van der Waals surface area contributed by atoms with Crippen LogP contribution in [0.15, 0.2) is 3.92 Å². The number of aromatic nitrogens is 1. The van der Waals surface area contributed by atoms with Crippen LogP contribution in [0.25, 0.3) is 0 Å². The van der Waals surface area contributed by atoms with Crippen molar-refractivity contribution in [1.82, 2.24) is 4.98 Å². The summed E-state index contributed by atoms with van der Waals surface area (Å²) < 4.78 is 5.55. The molecule has 0 bridgehead atoms. The van der Waals surface area contributed by atoms with E-state index in [1.807, 2.05) is 0 Å². The molecule has 0 unspecified atom stereocenters. The average molecular weight is 294 g/mol. The molecule has 0 saturated carbocycles. The number of aliphatic hydroxyl groups excluding tert-OH is 1. The summed E-state index contributed by atoms with van der Waals surface area (Å²) in [6.45, 7) is 2.21. The molecule has 4 nitrogen and oxygen atoms in total. The van der Waals surface area contributed by atoms with Gasteiger partial charge in [0, 0.05) is 11.5 Å². The molecule has 0 aliphatic rings. The van der Waals surface area contributed by atoms with Crippen LogP contribution in [0, 0.1) is 0 Å². The summed E-state index contributed by atoms with van der Waals surface area (Å²) in [5, 5.41) is 8.72. The molecule has 0 radical (unpaired) electrons. The zero-order valence-electron chi connectivity index (χ0n) is 8.33. The molecule has 1 heterocycles. The Morgan fingerprint density at radius 2 is 2.40 bits per heavy atom. The first kappa shape index (κ1) is 12.6. The normalized spacial score (nSPS) is 10.3. The van der Waals surface area contributed by atoms with Crippen molar-refractivity contribution in [2.45, 2.75) is 19.8 Å². The van der Waals surface area contributed by atoms with Gasteiger partial charge in [-0.3, -0.25) is 0 Å². The maximum Gasteiger partial charge on any atom is 0.358 e. The van der Waals surface area contributed by atoms with Gasteiger partial charge in [0.05, 0.1) is 6.61 Å². The Kier molecular flexibility index (Phi) is 5.21. The largest absolute Gasteiger partial charge is 0.461 e. The zero-order chi connectivity index (χ0) is 11.3. The van der Waals surface area contributed by atoms with E-state index in [2.05, 4.69) is 20.9 Å². The summed E-state index contributed by atoms with van der Waals surface area (Å²) in [5.41, 5.74) is 0.363. The molecule has 1 rings (SSSR count). The van der Waals surface area contributed by atoms with E-state index in [0.717, 1.165) is 4.88 Å². The predicted octanol–water partition coefficient (Wildman–Crippen LogP) is 2.01. The summed E-state index contributed by atoms with van der Waals surface area (Å²) in [5.74, 6) is -0.396. The van der Waals surface area contributed by atoms with E-state index in [4.69, 9.17) is 9.84 Å². The molecule has 0 aromatic carbocycles. The third-order valence-corrected chi connectivity index (χ3v) is 3.27. The lowest BCUT2D eigenvalue weighted by molar-refractivity contribution is 0.0519. The molecule has 6 heteroatoms. The van der Waals surface area contributed by atoms with Crippen LogP contribution in [0.2, 0.25) is 0 Å². The van der Waals surface area contributed by atoms with Gasteiger partial charge < -0.3 is 9.84 Å². The fraction of sp³-hybridized carbons (Fsp3) is 0.556. The smallest absolute Gasteiger partial charge is 0.358 e. The molecular weight excluding hydrogens is 282 g/mol. The zero-order valence-corrected chi connectivity index (χ0v) is 10.7. The Morgan fingerprint density at radius 1 is 1.67 bits per heavy atom. The van der Waals surface area contributed by atoms with Gasteiger partial charge in [-0.05, 0) is 35.7 Å². The highest BCUT2D eigenvalue weighted by atomic mass is 79.9. The quantitative estimate of drug-likeness (QED) is 0.844. The molecule has 0 amide bonds. The van der Waals surface area contributed by atoms with Crippen LogP contribution in [0.1, 0.15) is 28.7 Å². The van der Waals surface area contributed by atoms with E-state index >= 15 is 0 Å². The number of hydrogen-bond acceptors (Lipinski definition) is 5. The topological polar surface area (TPSA) is 59.4 Å². The summed E-state index contributed by atoms with van der Waals surface area (Å²) in [4.78, 5) is 16.4. The second kappa shape index (κ2) is 6.19. The molecule has 1 aromatic heterocycles. The van der Waals surface area contributed by atoms with Crippen LogP contribution in [0.4, 0.5) is 0 Å². The maximum atomic E-state index is 11.5. The lowest BCUT2D eigenvalue weighted by Crippen LogP contribution is -2.07. The minimum Gasteiger partial charge on any atom is -0.461 e. The first-order valence-corrected chi connectivity index (χ1v) is 6.23. The van der Waals surface area contributed by atoms with Crippen molar-refractivity contribution in [1.29, 1.82) is 0 Å². The predicted molar refractivity (Wildman–Crippen MR) is 61.2 cm³/mol. The molecule has 0 saturated heterocycles. The van der Waals surface area contributed by atoms with Crippen molar-refractivity contribution >= 4 is 33.2 Å². The van der Waals surface area contributed by atoms with Crippen LogP contribution in [-0.4, -0.2) is 29.3 Å². The lowest BCUT2D eigenvalue weighted by Gasteiger charge is -2.00. The van der Waals surface area contributed by atoms with Crippen molar-refractivity contribution in [3.05, 3.63) is 14.5 Å². The fourth-order valence-corrected chi connectivity index (χ4v) is 2.67. The van der Waals surface area contributed by atoms with Crippen molar-refractivity contribution in [3.8, 4) is 0 Å². The van der Waals surface area contributed by atoms with Gasteiger partial charge in [-0.15, -0.1) is 11.3 Å². The number of aliphatic hydroxyl groups is 1. The fourth-order valence-electron chi connectivity index (χ4n) is 1.09. The number of thiazole rings is 1. The van der Waals surface area contributed by atoms with Gasteiger partial charge in [0.15, 0.2) is 9.61 Å². The van der Waals surface area contributed by atoms with E-state index in [1.54, 1.807) is 6.92 Å². The van der Waals surface area contributed by atoms with Crippen LogP contribution in [0.5, 0.6) is 0 Å². The van der Waals surface area contributed by atoms with Gasteiger partial charge in [-0.1, -0.05) is 0 Å². The highest BCUT2D eigenvalue weighted by molar-refractivity contribution is 9.11. The standard InChI is InChI=1S/C9H12BrNO3S/c1-2-14-8(13)7-6(4-3-5-12)15-9(10)11-7/h12H,2-5H2,1H3. The molecule has 0 aliphatic heterocycles. The van der Waals surface area contributed by atoms with Crippen molar-refractivity contribution in [2.75, 3.05) is 13.2 Å². The highest BCUT2D eigenvalue weighted by Gasteiger charge is 2.17. The van der Waals surface area contributed by atoms with Crippen molar-refractivity contribution in [2.24, 2.45) is 0 Å². The number of halogens is 1. The van der Waals surface area contributed by atoms with Gasteiger partial charge in [-0.2, -0.15) is 0 Å². The summed E-state index contributed by atoms with van der Waals surface area (Å²) >= 11 is 4.63. The SMILES string of the molecule is CCOC(=O)c1nc(Br)sc1CCCO. The van der Waals surface area contributed by atoms with Gasteiger partial charge in [0.25, 0.3) is 0 Å². The number of carbonyl (C=O) groups excluding carboxylic acids is 1. The number of carbonyl (C=O) groups is 1. The van der Waals surface area contributed by atoms with Gasteiger partial charge >= 0.3 is 5.97 Å². The second-order valence-electron chi connectivity index (χ2n) is 2.79. The van der Waals surface area contributed by atoms with Gasteiger partial charge in [0.2, 0.25) is 0 Å². The van der Waals surface area contributed by atoms with Crippen LogP contribution in [-0.2, 0) is 11.2 Å². The average Bonchev–Trinajstić information content (AvgIpc) is 2.57. The minimum atomic E-state index is -0.396. The Labute approximate surface area is 100 Å². The summed E-state index contributed by atoms with van der Waals surface area (Å²) in [6.07, 6.45) is 1.27. The van der Waals surface area contributed by atoms with Crippen LogP contribution in [0.3, 0.4) is 0 Å². The highest BCUT2D eigenvalue weighted by Crippen LogP contribution is 2.25. The van der Waals surface area contributed by atoms with Crippen molar-refractivity contribution in [3.63, 3.8) is 0 Å². The monoisotopic (exact) mass is 293 g/mol. The first-order valence-electron chi connectivity index (χ1n) is 4.62. The molecule has 0 spiro atoms. The third kappa shape index (κ3) is 3.55. The molecular formula is C9H12BrNO3S. The number of hydrogen-bond donors (Lipinski definition) is 1. The van der Waals surface area contributed by atoms with E-state index < -0.39 is 5.97 Å². The summed E-state index contributed by atoms with van der Waals surface area (Å²) in [7, 11) is 0. The van der Waals surface area contributed by atoms with E-state index in [1.165, 1.54) is 11.3 Å². The number of rotatable bonds is 5. The number of esters is 1.